The Balaban J connectivity index is 2.15. The van der Waals surface area contributed by atoms with Gasteiger partial charge >= 0.3 is 0 Å². The Bertz CT molecular complexity index is 776. The van der Waals surface area contributed by atoms with Crippen molar-refractivity contribution < 1.29 is 14.2 Å². The van der Waals surface area contributed by atoms with Crippen LogP contribution in [-0.4, -0.2) is 51.9 Å². The standard InChI is InChI=1S/C22H29ClN2O3/c1-4-28-20-9-6-16(23)14-19(20)22(25-12-5-10-24-11-13-25)18-8-7-17(26-2)15-21(18)27-3/h6-9,14-15,22,24H,4-5,10-13H2,1-3H3. The Labute approximate surface area is 172 Å². The summed E-state index contributed by atoms with van der Waals surface area (Å²) >= 11 is 6.40. The van der Waals surface area contributed by atoms with E-state index in [1.807, 2.05) is 37.3 Å². The van der Waals surface area contributed by atoms with Gasteiger partial charge in [0, 0.05) is 41.9 Å². The summed E-state index contributed by atoms with van der Waals surface area (Å²) in [5.41, 5.74) is 2.13. The van der Waals surface area contributed by atoms with Crippen molar-refractivity contribution in [3.05, 3.63) is 52.5 Å². The molecule has 5 nitrogen and oxygen atoms in total. The molecule has 1 aliphatic heterocycles. The zero-order valence-corrected chi connectivity index (χ0v) is 17.6. The first kappa shape index (κ1) is 20.8. The number of hydrogen-bond donors (Lipinski definition) is 1. The van der Waals surface area contributed by atoms with Gasteiger partial charge < -0.3 is 19.5 Å². The average molecular weight is 405 g/mol. The highest BCUT2D eigenvalue weighted by Gasteiger charge is 2.29. The number of hydrogen-bond acceptors (Lipinski definition) is 5. The summed E-state index contributed by atoms with van der Waals surface area (Å²) in [6.07, 6.45) is 1.08. The molecule has 1 saturated heterocycles. The minimum Gasteiger partial charge on any atom is -0.497 e. The van der Waals surface area contributed by atoms with Crippen molar-refractivity contribution in [2.45, 2.75) is 19.4 Å². The van der Waals surface area contributed by atoms with Gasteiger partial charge in [0.15, 0.2) is 0 Å². The van der Waals surface area contributed by atoms with Crippen LogP contribution in [0.5, 0.6) is 17.2 Å². The molecule has 2 aromatic carbocycles. The lowest BCUT2D eigenvalue weighted by molar-refractivity contribution is 0.228. The molecule has 1 fully saturated rings. The first-order valence-corrected chi connectivity index (χ1v) is 10.1. The molecule has 3 rings (SSSR count). The van der Waals surface area contributed by atoms with Gasteiger partial charge in [-0.1, -0.05) is 11.6 Å². The number of benzene rings is 2. The highest BCUT2D eigenvalue weighted by atomic mass is 35.5. The van der Waals surface area contributed by atoms with Crippen molar-refractivity contribution in [2.75, 3.05) is 47.0 Å². The number of methoxy groups -OCH3 is 2. The summed E-state index contributed by atoms with van der Waals surface area (Å²) in [6.45, 7) is 6.47. The monoisotopic (exact) mass is 404 g/mol. The molecule has 1 aliphatic rings. The predicted molar refractivity (Wildman–Crippen MR) is 113 cm³/mol. The molecule has 1 atom stereocenters. The van der Waals surface area contributed by atoms with E-state index in [-0.39, 0.29) is 6.04 Å². The van der Waals surface area contributed by atoms with Crippen molar-refractivity contribution in [3.8, 4) is 17.2 Å². The Kier molecular flexibility index (Phi) is 7.43. The van der Waals surface area contributed by atoms with E-state index in [1.165, 1.54) is 0 Å². The van der Waals surface area contributed by atoms with E-state index >= 15 is 0 Å². The fourth-order valence-corrected chi connectivity index (χ4v) is 3.93. The summed E-state index contributed by atoms with van der Waals surface area (Å²) in [6, 6.07) is 11.8. The van der Waals surface area contributed by atoms with Gasteiger partial charge in [0.25, 0.3) is 0 Å². The fraction of sp³-hybridized carbons (Fsp3) is 0.455. The van der Waals surface area contributed by atoms with Crippen molar-refractivity contribution in [3.63, 3.8) is 0 Å². The topological polar surface area (TPSA) is 43.0 Å². The number of rotatable bonds is 7. The average Bonchev–Trinajstić information content (AvgIpc) is 3.00. The highest BCUT2D eigenvalue weighted by molar-refractivity contribution is 6.30. The van der Waals surface area contributed by atoms with Crippen LogP contribution in [0.1, 0.15) is 30.5 Å². The Hall–Kier alpha value is -1.95. The molecular weight excluding hydrogens is 376 g/mol. The third kappa shape index (κ3) is 4.72. The first-order chi connectivity index (χ1) is 13.7. The predicted octanol–water partition coefficient (Wildman–Crippen LogP) is 4.14. The summed E-state index contributed by atoms with van der Waals surface area (Å²) < 4.78 is 17.1. The molecule has 152 valence electrons. The molecular formula is C22H29ClN2O3. The van der Waals surface area contributed by atoms with Gasteiger partial charge in [-0.2, -0.15) is 0 Å². The van der Waals surface area contributed by atoms with Gasteiger partial charge in [-0.25, -0.2) is 0 Å². The normalized spacial score (nSPS) is 16.3. The number of ether oxygens (including phenoxy) is 3. The largest absolute Gasteiger partial charge is 0.497 e. The van der Waals surface area contributed by atoms with Gasteiger partial charge in [-0.3, -0.25) is 4.90 Å². The molecule has 2 aromatic rings. The second kappa shape index (κ2) is 10.0. The summed E-state index contributed by atoms with van der Waals surface area (Å²) in [5, 5.41) is 4.18. The third-order valence-electron chi connectivity index (χ3n) is 5.04. The molecule has 1 unspecified atom stereocenters. The Morgan fingerprint density at radius 1 is 1.00 bits per heavy atom. The molecule has 0 spiro atoms. The maximum Gasteiger partial charge on any atom is 0.127 e. The Morgan fingerprint density at radius 3 is 2.61 bits per heavy atom. The van der Waals surface area contributed by atoms with Crippen LogP contribution in [0.2, 0.25) is 5.02 Å². The molecule has 0 aromatic heterocycles. The lowest BCUT2D eigenvalue weighted by Gasteiger charge is -2.33. The van der Waals surface area contributed by atoms with Crippen molar-refractivity contribution >= 4 is 11.6 Å². The number of halogens is 1. The van der Waals surface area contributed by atoms with E-state index in [1.54, 1.807) is 14.2 Å². The molecule has 6 heteroatoms. The van der Waals surface area contributed by atoms with Crippen LogP contribution in [0.25, 0.3) is 0 Å². The summed E-state index contributed by atoms with van der Waals surface area (Å²) in [5.74, 6) is 2.42. The minimum atomic E-state index is -0.0268. The van der Waals surface area contributed by atoms with E-state index in [4.69, 9.17) is 25.8 Å². The van der Waals surface area contributed by atoms with Crippen LogP contribution in [-0.2, 0) is 0 Å². The molecule has 0 radical (unpaired) electrons. The van der Waals surface area contributed by atoms with Crippen LogP contribution in [0.15, 0.2) is 36.4 Å². The third-order valence-corrected chi connectivity index (χ3v) is 5.28. The maximum absolute atomic E-state index is 6.40. The number of nitrogens with one attached hydrogen (secondary N) is 1. The van der Waals surface area contributed by atoms with Crippen LogP contribution < -0.4 is 19.5 Å². The SMILES string of the molecule is CCOc1ccc(Cl)cc1C(c1ccc(OC)cc1OC)N1CCCNCC1. The van der Waals surface area contributed by atoms with Gasteiger partial charge in [0.1, 0.15) is 17.2 Å². The van der Waals surface area contributed by atoms with Crippen molar-refractivity contribution in [1.29, 1.82) is 0 Å². The molecule has 0 saturated carbocycles. The molecule has 0 aliphatic carbocycles. The van der Waals surface area contributed by atoms with E-state index in [9.17, 15) is 0 Å². The first-order valence-electron chi connectivity index (χ1n) is 9.76. The molecule has 1 N–H and O–H groups in total. The molecule has 0 bridgehead atoms. The molecule has 0 amide bonds. The second-order valence-corrected chi connectivity index (χ2v) is 7.20. The fourth-order valence-electron chi connectivity index (χ4n) is 3.75. The van der Waals surface area contributed by atoms with E-state index in [2.05, 4.69) is 16.3 Å². The van der Waals surface area contributed by atoms with Crippen LogP contribution in [0.4, 0.5) is 0 Å². The van der Waals surface area contributed by atoms with Gasteiger partial charge in [-0.05, 0) is 50.2 Å². The smallest absolute Gasteiger partial charge is 0.127 e. The van der Waals surface area contributed by atoms with Crippen LogP contribution >= 0.6 is 11.6 Å². The van der Waals surface area contributed by atoms with Gasteiger partial charge in [-0.15, -0.1) is 0 Å². The van der Waals surface area contributed by atoms with E-state index < -0.39 is 0 Å². The molecule has 28 heavy (non-hydrogen) atoms. The van der Waals surface area contributed by atoms with E-state index in [0.717, 1.165) is 61.0 Å². The minimum absolute atomic E-state index is 0.0268. The Morgan fingerprint density at radius 2 is 1.86 bits per heavy atom. The van der Waals surface area contributed by atoms with Crippen molar-refractivity contribution in [2.24, 2.45) is 0 Å². The van der Waals surface area contributed by atoms with E-state index in [0.29, 0.717) is 11.6 Å². The highest BCUT2D eigenvalue weighted by Crippen LogP contribution is 2.41. The van der Waals surface area contributed by atoms with Crippen LogP contribution in [0, 0.1) is 0 Å². The number of nitrogens with zero attached hydrogens (tertiary/aromatic N) is 1. The lowest BCUT2D eigenvalue weighted by atomic mass is 9.94. The van der Waals surface area contributed by atoms with Gasteiger partial charge in [0.05, 0.1) is 26.9 Å². The summed E-state index contributed by atoms with van der Waals surface area (Å²) in [7, 11) is 3.36. The quantitative estimate of drug-likeness (QED) is 0.751. The zero-order chi connectivity index (χ0) is 19.9. The second-order valence-electron chi connectivity index (χ2n) is 6.77. The van der Waals surface area contributed by atoms with Crippen molar-refractivity contribution in [1.82, 2.24) is 10.2 Å². The zero-order valence-electron chi connectivity index (χ0n) is 16.8. The lowest BCUT2D eigenvalue weighted by Crippen LogP contribution is -2.33. The summed E-state index contributed by atoms with van der Waals surface area (Å²) in [4.78, 5) is 2.47. The molecule has 1 heterocycles. The van der Waals surface area contributed by atoms with Gasteiger partial charge in [0.2, 0.25) is 0 Å². The van der Waals surface area contributed by atoms with Crippen LogP contribution in [0.3, 0.4) is 0 Å². The maximum atomic E-state index is 6.40.